The smallest absolute Gasteiger partial charge is 0.319 e. The van der Waals surface area contributed by atoms with Crippen LogP contribution in [0.2, 0.25) is 0 Å². The third-order valence-electron chi connectivity index (χ3n) is 4.36. The van der Waals surface area contributed by atoms with Crippen molar-refractivity contribution in [3.63, 3.8) is 0 Å². The van der Waals surface area contributed by atoms with Gasteiger partial charge in [0.25, 0.3) is 0 Å². The van der Waals surface area contributed by atoms with E-state index in [9.17, 15) is 9.59 Å². The van der Waals surface area contributed by atoms with E-state index in [1.807, 2.05) is 37.3 Å². The molecule has 0 radical (unpaired) electrons. The van der Waals surface area contributed by atoms with Crippen molar-refractivity contribution in [2.45, 2.75) is 20.3 Å². The molecular formula is C22H24N4O4. The number of methoxy groups -OCH3 is 1. The van der Waals surface area contributed by atoms with E-state index < -0.39 is 0 Å². The Bertz CT molecular complexity index is 1030. The highest BCUT2D eigenvalue weighted by molar-refractivity contribution is 5.93. The second-order valence-corrected chi connectivity index (χ2v) is 6.71. The van der Waals surface area contributed by atoms with E-state index in [-0.39, 0.29) is 11.9 Å². The van der Waals surface area contributed by atoms with Gasteiger partial charge in [-0.1, -0.05) is 6.07 Å². The van der Waals surface area contributed by atoms with Gasteiger partial charge in [-0.05, 0) is 48.9 Å². The van der Waals surface area contributed by atoms with Crippen molar-refractivity contribution in [1.29, 1.82) is 0 Å². The van der Waals surface area contributed by atoms with Gasteiger partial charge < -0.3 is 25.1 Å². The van der Waals surface area contributed by atoms with Crippen LogP contribution in [0.15, 0.2) is 53.1 Å². The number of urea groups is 1. The standard InChI is InChI=1S/C22H24N4O4/c1-14-4-7-17(12-20(14)24-15(2)27)26-22(28)23-11-10-18-13-30-21(25-18)16-5-8-19(29-3)9-6-16/h4-9,12-13H,10-11H2,1-3H3,(H,24,27)(H2,23,26,28). The van der Waals surface area contributed by atoms with Gasteiger partial charge in [0.15, 0.2) is 0 Å². The molecule has 0 saturated carbocycles. The maximum Gasteiger partial charge on any atom is 0.319 e. The molecule has 156 valence electrons. The molecule has 0 saturated heterocycles. The molecule has 0 spiro atoms. The summed E-state index contributed by atoms with van der Waals surface area (Å²) in [6.07, 6.45) is 2.11. The maximum absolute atomic E-state index is 12.1. The van der Waals surface area contributed by atoms with Crippen LogP contribution >= 0.6 is 0 Å². The van der Waals surface area contributed by atoms with Crippen molar-refractivity contribution in [3.05, 3.63) is 60.0 Å². The Morgan fingerprint density at radius 3 is 2.57 bits per heavy atom. The van der Waals surface area contributed by atoms with Gasteiger partial charge >= 0.3 is 6.03 Å². The number of rotatable bonds is 7. The minimum absolute atomic E-state index is 0.165. The Kier molecular flexibility index (Phi) is 6.69. The van der Waals surface area contributed by atoms with E-state index in [0.717, 1.165) is 22.6 Å². The molecule has 0 atom stereocenters. The zero-order chi connectivity index (χ0) is 21.5. The first-order chi connectivity index (χ1) is 14.4. The number of carbonyl (C=O) groups is 2. The number of hydrogen-bond donors (Lipinski definition) is 3. The minimum atomic E-state index is -0.341. The van der Waals surface area contributed by atoms with Crippen LogP contribution in [-0.2, 0) is 11.2 Å². The number of benzene rings is 2. The van der Waals surface area contributed by atoms with E-state index in [0.29, 0.717) is 30.2 Å². The van der Waals surface area contributed by atoms with E-state index in [1.54, 1.807) is 25.5 Å². The molecular weight excluding hydrogens is 384 g/mol. The number of carbonyl (C=O) groups excluding carboxylic acids is 2. The lowest BCUT2D eigenvalue weighted by Crippen LogP contribution is -2.30. The van der Waals surface area contributed by atoms with E-state index in [1.165, 1.54) is 6.92 Å². The monoisotopic (exact) mass is 408 g/mol. The summed E-state index contributed by atoms with van der Waals surface area (Å²) in [4.78, 5) is 27.9. The molecule has 3 amide bonds. The van der Waals surface area contributed by atoms with Crippen molar-refractivity contribution in [2.75, 3.05) is 24.3 Å². The third kappa shape index (κ3) is 5.60. The number of nitrogens with one attached hydrogen (secondary N) is 3. The van der Waals surface area contributed by atoms with Crippen molar-refractivity contribution >= 4 is 23.3 Å². The molecule has 3 rings (SSSR count). The molecule has 0 bridgehead atoms. The SMILES string of the molecule is COc1ccc(-c2nc(CCNC(=O)Nc3ccc(C)c(NC(C)=O)c3)co2)cc1. The van der Waals surface area contributed by atoms with Gasteiger partial charge in [-0.25, -0.2) is 9.78 Å². The third-order valence-corrected chi connectivity index (χ3v) is 4.36. The molecule has 0 aliphatic rings. The van der Waals surface area contributed by atoms with Crippen molar-refractivity contribution in [1.82, 2.24) is 10.3 Å². The number of aromatic nitrogens is 1. The van der Waals surface area contributed by atoms with Crippen LogP contribution in [0.25, 0.3) is 11.5 Å². The minimum Gasteiger partial charge on any atom is -0.497 e. The molecule has 8 nitrogen and oxygen atoms in total. The van der Waals surface area contributed by atoms with Gasteiger partial charge in [0.2, 0.25) is 11.8 Å². The number of ether oxygens (including phenoxy) is 1. The van der Waals surface area contributed by atoms with Crippen molar-refractivity contribution in [2.24, 2.45) is 0 Å². The normalized spacial score (nSPS) is 10.4. The number of amides is 3. The van der Waals surface area contributed by atoms with Gasteiger partial charge in [-0.2, -0.15) is 0 Å². The van der Waals surface area contributed by atoms with Crippen molar-refractivity contribution in [3.8, 4) is 17.2 Å². The first kappa shape index (κ1) is 20.9. The lowest BCUT2D eigenvalue weighted by Gasteiger charge is -2.11. The zero-order valence-corrected chi connectivity index (χ0v) is 17.1. The predicted molar refractivity (Wildman–Crippen MR) is 115 cm³/mol. The van der Waals surface area contributed by atoms with Crippen LogP contribution in [0.4, 0.5) is 16.2 Å². The molecule has 0 aliphatic carbocycles. The molecule has 1 aromatic heterocycles. The summed E-state index contributed by atoms with van der Waals surface area (Å²) in [6, 6.07) is 12.4. The van der Waals surface area contributed by atoms with Gasteiger partial charge in [-0.15, -0.1) is 0 Å². The number of nitrogens with zero attached hydrogens (tertiary/aromatic N) is 1. The molecule has 1 heterocycles. The van der Waals surface area contributed by atoms with Gasteiger partial charge in [0.05, 0.1) is 12.8 Å². The fraction of sp³-hybridized carbons (Fsp3) is 0.227. The van der Waals surface area contributed by atoms with Crippen LogP contribution in [0.5, 0.6) is 5.75 Å². The van der Waals surface area contributed by atoms with E-state index >= 15 is 0 Å². The van der Waals surface area contributed by atoms with Crippen molar-refractivity contribution < 1.29 is 18.7 Å². The predicted octanol–water partition coefficient (Wildman–Crippen LogP) is 3.98. The number of anilines is 2. The first-order valence-electron chi connectivity index (χ1n) is 9.46. The molecule has 0 aliphatic heterocycles. The second kappa shape index (κ2) is 9.60. The molecule has 2 aromatic carbocycles. The van der Waals surface area contributed by atoms with Gasteiger partial charge in [0, 0.05) is 36.8 Å². The largest absolute Gasteiger partial charge is 0.497 e. The van der Waals surface area contributed by atoms with Gasteiger partial charge in [-0.3, -0.25) is 4.79 Å². The second-order valence-electron chi connectivity index (χ2n) is 6.71. The average Bonchev–Trinajstić information content (AvgIpc) is 3.19. The van der Waals surface area contributed by atoms with Gasteiger partial charge in [0.1, 0.15) is 12.0 Å². The fourth-order valence-electron chi connectivity index (χ4n) is 2.79. The van der Waals surface area contributed by atoms with Crippen LogP contribution in [0.1, 0.15) is 18.2 Å². The lowest BCUT2D eigenvalue weighted by molar-refractivity contribution is -0.114. The zero-order valence-electron chi connectivity index (χ0n) is 17.1. The Balaban J connectivity index is 1.50. The maximum atomic E-state index is 12.1. The highest BCUT2D eigenvalue weighted by Gasteiger charge is 2.09. The Morgan fingerprint density at radius 1 is 1.10 bits per heavy atom. The highest BCUT2D eigenvalue weighted by atomic mass is 16.5. The summed E-state index contributed by atoms with van der Waals surface area (Å²) in [6.45, 7) is 3.72. The van der Waals surface area contributed by atoms with Crippen LogP contribution in [0, 0.1) is 6.92 Å². The topological polar surface area (TPSA) is 105 Å². The first-order valence-corrected chi connectivity index (χ1v) is 9.46. The van der Waals surface area contributed by atoms with Crippen LogP contribution in [-0.4, -0.2) is 30.6 Å². The summed E-state index contributed by atoms with van der Waals surface area (Å²) in [5.74, 6) is 1.11. The lowest BCUT2D eigenvalue weighted by atomic mass is 10.2. The molecule has 30 heavy (non-hydrogen) atoms. The molecule has 3 N–H and O–H groups in total. The molecule has 0 unspecified atom stereocenters. The van der Waals surface area contributed by atoms with E-state index in [4.69, 9.17) is 9.15 Å². The highest BCUT2D eigenvalue weighted by Crippen LogP contribution is 2.22. The fourth-order valence-corrected chi connectivity index (χ4v) is 2.79. The molecule has 8 heteroatoms. The quantitative estimate of drug-likeness (QED) is 0.548. The summed E-state index contributed by atoms with van der Waals surface area (Å²) >= 11 is 0. The number of hydrogen-bond acceptors (Lipinski definition) is 5. The summed E-state index contributed by atoms with van der Waals surface area (Å²) in [7, 11) is 1.61. The summed E-state index contributed by atoms with van der Waals surface area (Å²) < 4.78 is 10.7. The Hall–Kier alpha value is -3.81. The average molecular weight is 408 g/mol. The summed E-state index contributed by atoms with van der Waals surface area (Å²) in [5.41, 5.74) is 3.75. The molecule has 3 aromatic rings. The van der Waals surface area contributed by atoms with Crippen LogP contribution in [0.3, 0.4) is 0 Å². The Labute approximate surface area is 174 Å². The number of aryl methyl sites for hydroxylation is 1. The molecule has 0 fully saturated rings. The number of oxazole rings is 1. The summed E-state index contributed by atoms with van der Waals surface area (Å²) in [5, 5.41) is 8.27. The van der Waals surface area contributed by atoms with Crippen LogP contribution < -0.4 is 20.7 Å². The Morgan fingerprint density at radius 2 is 1.87 bits per heavy atom. The van der Waals surface area contributed by atoms with E-state index in [2.05, 4.69) is 20.9 Å².